The van der Waals surface area contributed by atoms with Crippen molar-refractivity contribution in [2.24, 2.45) is 11.8 Å². The molecule has 0 spiro atoms. The number of aryl methyl sites for hydroxylation is 1. The number of hydrogen-bond acceptors (Lipinski definition) is 8. The Balaban J connectivity index is 1.25. The van der Waals surface area contributed by atoms with Crippen LogP contribution in [-0.4, -0.2) is 53.7 Å². The van der Waals surface area contributed by atoms with Crippen LogP contribution in [0.15, 0.2) is 36.9 Å². The second-order valence-corrected chi connectivity index (χ2v) is 13.1. The van der Waals surface area contributed by atoms with Crippen molar-refractivity contribution in [2.75, 3.05) is 16.8 Å². The predicted molar refractivity (Wildman–Crippen MR) is 167 cm³/mol. The van der Waals surface area contributed by atoms with Gasteiger partial charge in [0.05, 0.1) is 70.3 Å². The molecule has 3 aromatic heterocycles. The van der Waals surface area contributed by atoms with E-state index in [2.05, 4.69) is 30.4 Å². The van der Waals surface area contributed by atoms with Gasteiger partial charge in [0.25, 0.3) is 12.3 Å². The van der Waals surface area contributed by atoms with Crippen LogP contribution < -0.4 is 10.2 Å². The van der Waals surface area contributed by atoms with Crippen LogP contribution >= 0.6 is 11.6 Å². The lowest BCUT2D eigenvalue weighted by atomic mass is 10.0. The number of carbonyl (C=O) groups is 2. The summed E-state index contributed by atoms with van der Waals surface area (Å²) in [6, 6.07) is 1.65. The van der Waals surface area contributed by atoms with Crippen LogP contribution in [0.25, 0.3) is 11.3 Å². The van der Waals surface area contributed by atoms with Crippen molar-refractivity contribution in [3.8, 4) is 11.3 Å². The highest BCUT2D eigenvalue weighted by molar-refractivity contribution is 6.31. The van der Waals surface area contributed by atoms with Gasteiger partial charge in [0.1, 0.15) is 0 Å². The quantitative estimate of drug-likeness (QED) is 0.219. The maximum atomic E-state index is 15.1. The molecule has 6 rings (SSSR count). The molecule has 1 aliphatic carbocycles. The number of ether oxygens (including phenoxy) is 1. The predicted octanol–water partition coefficient (Wildman–Crippen LogP) is 6.33. The zero-order chi connectivity index (χ0) is 33.8. The number of anilines is 2. The summed E-state index contributed by atoms with van der Waals surface area (Å²) in [5.74, 6) is -0.682. The lowest BCUT2D eigenvalue weighted by Crippen LogP contribution is -2.30. The molecule has 11 nitrogen and oxygen atoms in total. The van der Waals surface area contributed by atoms with Gasteiger partial charge in [-0.2, -0.15) is 5.10 Å². The summed E-state index contributed by atoms with van der Waals surface area (Å²) in [5.41, 5.74) is -0.704. The van der Waals surface area contributed by atoms with E-state index in [1.165, 1.54) is 6.20 Å². The molecule has 2 amide bonds. The molecule has 1 aromatic carbocycles. The molecule has 2 aliphatic rings. The molecule has 4 aromatic rings. The highest BCUT2D eigenvalue weighted by Crippen LogP contribution is 2.47. The minimum Gasteiger partial charge on any atom is -0.369 e. The van der Waals surface area contributed by atoms with Gasteiger partial charge in [0, 0.05) is 29.8 Å². The topological polar surface area (TPSA) is 128 Å². The first-order valence-corrected chi connectivity index (χ1v) is 15.4. The minimum absolute atomic E-state index is 0.0937. The molecular weight excluding hydrogens is 637 g/mol. The molecule has 3 atom stereocenters. The summed E-state index contributed by atoms with van der Waals surface area (Å²) in [6.45, 7) is 9.63. The van der Waals surface area contributed by atoms with Crippen LogP contribution in [0.3, 0.4) is 0 Å². The molecule has 47 heavy (non-hydrogen) atoms. The number of nitrogens with zero attached hydrogens (tertiary/aromatic N) is 7. The van der Waals surface area contributed by atoms with Crippen molar-refractivity contribution in [3.63, 3.8) is 0 Å². The molecule has 1 saturated heterocycles. The first kappa shape index (κ1) is 32.5. The van der Waals surface area contributed by atoms with E-state index in [1.54, 1.807) is 28.9 Å². The van der Waals surface area contributed by atoms with Crippen molar-refractivity contribution in [3.05, 3.63) is 76.1 Å². The third-order valence-corrected chi connectivity index (χ3v) is 8.42. The third kappa shape index (κ3) is 6.57. The first-order valence-electron chi connectivity index (χ1n) is 15.0. The number of amides is 2. The molecular formula is C32H32ClF3N8O3. The standard InChI is InChI=1S/C32H32ClF3N8O3/c1-15-29(43-12-17-8-20(17)31(43)46)38-10-22(40-15)16(2)44-13-18(9-39-44)41-30(45)27-24(14-47-32(3,4)5)37-11-23(42-27)25-19(28(35)36)6-7-21(33)26(25)34/h6-7,9-11,13,16-17,20,28H,8,12,14H2,1-5H3,(H,41,45)/t16-,17+,20+/m0/s1. The maximum Gasteiger partial charge on any atom is 0.276 e. The summed E-state index contributed by atoms with van der Waals surface area (Å²) in [7, 11) is 0. The van der Waals surface area contributed by atoms with Gasteiger partial charge >= 0.3 is 0 Å². The Kier molecular flexibility index (Phi) is 8.51. The van der Waals surface area contributed by atoms with Gasteiger partial charge in [-0.25, -0.2) is 23.1 Å². The Morgan fingerprint density at radius 2 is 1.94 bits per heavy atom. The van der Waals surface area contributed by atoms with Gasteiger partial charge < -0.3 is 10.1 Å². The summed E-state index contributed by atoms with van der Waals surface area (Å²) < 4.78 is 50.2. The zero-order valence-electron chi connectivity index (χ0n) is 26.3. The fraction of sp³-hybridized carbons (Fsp3) is 0.406. The number of piperidine rings is 1. The van der Waals surface area contributed by atoms with Gasteiger partial charge in [-0.15, -0.1) is 0 Å². The lowest BCUT2D eigenvalue weighted by molar-refractivity contribution is -0.118. The summed E-state index contributed by atoms with van der Waals surface area (Å²) in [4.78, 5) is 45.6. The molecule has 0 unspecified atom stereocenters. The van der Waals surface area contributed by atoms with E-state index >= 15 is 4.39 Å². The van der Waals surface area contributed by atoms with Crippen molar-refractivity contribution < 1.29 is 27.5 Å². The second-order valence-electron chi connectivity index (χ2n) is 12.7. The van der Waals surface area contributed by atoms with E-state index in [1.807, 2.05) is 27.7 Å². The SMILES string of the molecule is Cc1nc([C@H](C)n2cc(NC(=O)c3nc(-c4c(C(F)F)ccc(Cl)c4F)cnc3COC(C)(C)C)cn2)cnc1N1C[C@H]2C[C@H]2C1=O. The number of carbonyl (C=O) groups excluding carboxylic acids is 2. The van der Waals surface area contributed by atoms with Gasteiger partial charge in [0.15, 0.2) is 17.3 Å². The van der Waals surface area contributed by atoms with Crippen LogP contribution in [0.4, 0.5) is 24.7 Å². The van der Waals surface area contributed by atoms with E-state index in [4.69, 9.17) is 16.3 Å². The first-order chi connectivity index (χ1) is 22.2. The lowest BCUT2D eigenvalue weighted by Gasteiger charge is -2.20. The fourth-order valence-corrected chi connectivity index (χ4v) is 5.64. The number of benzene rings is 1. The molecule has 2 fully saturated rings. The molecule has 1 saturated carbocycles. The van der Waals surface area contributed by atoms with Gasteiger partial charge in [-0.3, -0.25) is 29.1 Å². The second kappa shape index (κ2) is 12.3. The average Bonchev–Trinajstić information content (AvgIpc) is 3.52. The number of alkyl halides is 2. The summed E-state index contributed by atoms with van der Waals surface area (Å²) in [5, 5.41) is 6.69. The van der Waals surface area contributed by atoms with Crippen molar-refractivity contribution in [2.45, 2.75) is 65.7 Å². The van der Waals surface area contributed by atoms with Crippen LogP contribution in [-0.2, 0) is 16.1 Å². The molecule has 1 N–H and O–H groups in total. The normalized spacial score (nSPS) is 18.1. The summed E-state index contributed by atoms with van der Waals surface area (Å²) >= 11 is 5.91. The Bertz CT molecular complexity index is 1880. The van der Waals surface area contributed by atoms with Gasteiger partial charge in [-0.05, 0) is 53.0 Å². The van der Waals surface area contributed by atoms with Crippen molar-refractivity contribution in [1.82, 2.24) is 29.7 Å². The van der Waals surface area contributed by atoms with E-state index in [-0.39, 0.29) is 46.6 Å². The molecule has 0 radical (unpaired) electrons. The number of halogens is 4. The van der Waals surface area contributed by atoms with Crippen LogP contribution in [0.1, 0.15) is 79.7 Å². The minimum atomic E-state index is -3.04. The van der Waals surface area contributed by atoms with E-state index in [9.17, 15) is 18.4 Å². The van der Waals surface area contributed by atoms with Crippen LogP contribution in [0, 0.1) is 24.6 Å². The molecule has 1 aliphatic heterocycles. The number of fused-ring (bicyclic) bond motifs is 1. The van der Waals surface area contributed by atoms with Crippen LogP contribution in [0.5, 0.6) is 0 Å². The number of aromatic nitrogens is 6. The molecule has 0 bridgehead atoms. The van der Waals surface area contributed by atoms with Crippen molar-refractivity contribution >= 4 is 34.9 Å². The third-order valence-electron chi connectivity index (χ3n) is 8.13. The van der Waals surface area contributed by atoms with E-state index in [0.29, 0.717) is 35.4 Å². The largest absolute Gasteiger partial charge is 0.369 e. The number of rotatable bonds is 9. The molecule has 15 heteroatoms. The molecule has 246 valence electrons. The zero-order valence-corrected chi connectivity index (χ0v) is 27.0. The van der Waals surface area contributed by atoms with Gasteiger partial charge in [0.2, 0.25) is 5.91 Å². The monoisotopic (exact) mass is 668 g/mol. The Morgan fingerprint density at radius 1 is 1.17 bits per heavy atom. The van der Waals surface area contributed by atoms with Crippen molar-refractivity contribution in [1.29, 1.82) is 0 Å². The fourth-order valence-electron chi connectivity index (χ4n) is 5.48. The Hall–Kier alpha value is -4.43. The maximum absolute atomic E-state index is 15.1. The molecule has 4 heterocycles. The Morgan fingerprint density at radius 3 is 2.60 bits per heavy atom. The summed E-state index contributed by atoms with van der Waals surface area (Å²) in [6.07, 6.45) is 3.63. The number of nitrogens with one attached hydrogen (secondary N) is 1. The number of hydrogen-bond donors (Lipinski definition) is 1. The smallest absolute Gasteiger partial charge is 0.276 e. The van der Waals surface area contributed by atoms with E-state index < -0.39 is 34.9 Å². The van der Waals surface area contributed by atoms with E-state index in [0.717, 1.165) is 24.8 Å². The highest BCUT2D eigenvalue weighted by Gasteiger charge is 2.53. The van der Waals surface area contributed by atoms with Crippen LogP contribution in [0.2, 0.25) is 5.02 Å². The van der Waals surface area contributed by atoms with Gasteiger partial charge in [-0.1, -0.05) is 17.7 Å². The average molecular weight is 669 g/mol. The Labute approximate surface area is 273 Å². The highest BCUT2D eigenvalue weighted by atomic mass is 35.5.